The SMILES string of the molecule is O=C(Cc1coc(-c2ccccc2)n1)N1CCc2ccc([N+](=O)[O-])cc21. The third kappa shape index (κ3) is 2.95. The Bertz CT molecular complexity index is 981. The Kier molecular flexibility index (Phi) is 3.96. The summed E-state index contributed by atoms with van der Waals surface area (Å²) in [6.07, 6.45) is 2.25. The van der Waals surface area contributed by atoms with Crippen molar-refractivity contribution in [3.63, 3.8) is 0 Å². The maximum atomic E-state index is 12.7. The van der Waals surface area contributed by atoms with Gasteiger partial charge in [-0.05, 0) is 24.1 Å². The highest BCUT2D eigenvalue weighted by atomic mass is 16.6. The molecule has 0 fully saturated rings. The smallest absolute Gasteiger partial charge is 0.271 e. The van der Waals surface area contributed by atoms with Crippen molar-refractivity contribution >= 4 is 17.3 Å². The largest absolute Gasteiger partial charge is 0.444 e. The van der Waals surface area contributed by atoms with E-state index in [1.54, 1.807) is 11.0 Å². The van der Waals surface area contributed by atoms with Gasteiger partial charge in [0.1, 0.15) is 6.26 Å². The molecule has 2 heterocycles. The maximum absolute atomic E-state index is 12.7. The molecule has 4 rings (SSSR count). The molecular weight excluding hydrogens is 334 g/mol. The molecule has 0 saturated heterocycles. The zero-order valence-electron chi connectivity index (χ0n) is 13.8. The van der Waals surface area contributed by atoms with Crippen molar-refractivity contribution in [3.8, 4) is 11.5 Å². The number of non-ortho nitro benzene ring substituents is 1. The number of hydrogen-bond donors (Lipinski definition) is 0. The zero-order valence-corrected chi connectivity index (χ0v) is 13.8. The summed E-state index contributed by atoms with van der Waals surface area (Å²) < 4.78 is 5.46. The molecule has 0 unspecified atom stereocenters. The summed E-state index contributed by atoms with van der Waals surface area (Å²) in [4.78, 5) is 29.2. The molecule has 26 heavy (non-hydrogen) atoms. The Labute approximate surface area is 149 Å². The van der Waals surface area contributed by atoms with Gasteiger partial charge in [-0.25, -0.2) is 4.98 Å². The number of carbonyl (C=O) groups excluding carboxylic acids is 1. The average Bonchev–Trinajstić information content (AvgIpc) is 3.28. The van der Waals surface area contributed by atoms with E-state index in [2.05, 4.69) is 4.98 Å². The Morgan fingerprint density at radius 3 is 2.81 bits per heavy atom. The molecule has 0 spiro atoms. The molecule has 0 saturated carbocycles. The zero-order chi connectivity index (χ0) is 18.1. The van der Waals surface area contributed by atoms with E-state index in [1.165, 1.54) is 18.4 Å². The number of benzene rings is 2. The standard InChI is InChI=1S/C19H15N3O4/c23-18(10-15-12-26-19(20-15)14-4-2-1-3-5-14)21-9-8-13-6-7-16(22(24)25)11-17(13)21/h1-7,11-12H,8-10H2. The summed E-state index contributed by atoms with van der Waals surface area (Å²) in [5.41, 5.74) is 2.90. The van der Waals surface area contributed by atoms with Crippen LogP contribution in [0, 0.1) is 10.1 Å². The fourth-order valence-corrected chi connectivity index (χ4v) is 3.09. The van der Waals surface area contributed by atoms with E-state index in [-0.39, 0.29) is 18.0 Å². The van der Waals surface area contributed by atoms with Gasteiger partial charge < -0.3 is 9.32 Å². The van der Waals surface area contributed by atoms with Gasteiger partial charge in [-0.1, -0.05) is 24.3 Å². The van der Waals surface area contributed by atoms with E-state index in [4.69, 9.17) is 4.42 Å². The number of rotatable bonds is 4. The fraction of sp³-hybridized carbons (Fsp3) is 0.158. The monoisotopic (exact) mass is 349 g/mol. The van der Waals surface area contributed by atoms with Gasteiger partial charge in [0.25, 0.3) is 5.69 Å². The molecule has 7 nitrogen and oxygen atoms in total. The number of oxazole rings is 1. The van der Waals surface area contributed by atoms with Gasteiger partial charge in [0.15, 0.2) is 0 Å². The Hall–Kier alpha value is -3.48. The lowest BCUT2D eigenvalue weighted by molar-refractivity contribution is -0.384. The number of nitro groups is 1. The summed E-state index contributed by atoms with van der Waals surface area (Å²) in [5.74, 6) is 0.308. The van der Waals surface area contributed by atoms with Gasteiger partial charge in [0, 0.05) is 24.2 Å². The van der Waals surface area contributed by atoms with Crippen LogP contribution in [0.3, 0.4) is 0 Å². The lowest BCUT2D eigenvalue weighted by Crippen LogP contribution is -2.30. The molecule has 2 aromatic carbocycles. The van der Waals surface area contributed by atoms with Crippen LogP contribution >= 0.6 is 0 Å². The van der Waals surface area contributed by atoms with Gasteiger partial charge in [0.2, 0.25) is 11.8 Å². The van der Waals surface area contributed by atoms with Gasteiger partial charge in [-0.2, -0.15) is 0 Å². The van der Waals surface area contributed by atoms with Crippen molar-refractivity contribution in [3.05, 3.63) is 76.2 Å². The van der Waals surface area contributed by atoms with Crippen molar-refractivity contribution in [1.29, 1.82) is 0 Å². The number of hydrogen-bond acceptors (Lipinski definition) is 5. The third-order valence-electron chi connectivity index (χ3n) is 4.38. The van der Waals surface area contributed by atoms with E-state index >= 15 is 0 Å². The van der Waals surface area contributed by atoms with E-state index in [9.17, 15) is 14.9 Å². The Morgan fingerprint density at radius 2 is 2.04 bits per heavy atom. The number of amides is 1. The second-order valence-corrected chi connectivity index (χ2v) is 6.05. The summed E-state index contributed by atoms with van der Waals surface area (Å²) in [7, 11) is 0. The quantitative estimate of drug-likeness (QED) is 0.532. The second kappa shape index (κ2) is 6.44. The average molecular weight is 349 g/mol. The molecule has 0 bridgehead atoms. The highest BCUT2D eigenvalue weighted by Gasteiger charge is 2.27. The van der Waals surface area contributed by atoms with E-state index in [0.29, 0.717) is 30.2 Å². The lowest BCUT2D eigenvalue weighted by atomic mass is 10.1. The van der Waals surface area contributed by atoms with Gasteiger partial charge >= 0.3 is 0 Å². The van der Waals surface area contributed by atoms with Crippen LogP contribution < -0.4 is 4.90 Å². The van der Waals surface area contributed by atoms with Gasteiger partial charge in [-0.3, -0.25) is 14.9 Å². The minimum absolute atomic E-state index is 0.0174. The minimum Gasteiger partial charge on any atom is -0.444 e. The Balaban J connectivity index is 1.53. The van der Waals surface area contributed by atoms with Crippen molar-refractivity contribution in [2.45, 2.75) is 12.8 Å². The van der Waals surface area contributed by atoms with Crippen LogP contribution in [0.25, 0.3) is 11.5 Å². The first-order chi connectivity index (χ1) is 12.6. The molecule has 0 radical (unpaired) electrons. The number of fused-ring (bicyclic) bond motifs is 1. The molecule has 1 amide bonds. The van der Waals surface area contributed by atoms with Crippen LogP contribution in [0.1, 0.15) is 11.3 Å². The van der Waals surface area contributed by atoms with Crippen molar-refractivity contribution in [2.75, 3.05) is 11.4 Å². The summed E-state index contributed by atoms with van der Waals surface area (Å²) >= 11 is 0. The first kappa shape index (κ1) is 16.0. The molecule has 1 aromatic heterocycles. The maximum Gasteiger partial charge on any atom is 0.271 e. The van der Waals surface area contributed by atoms with Crippen LogP contribution in [0.15, 0.2) is 59.2 Å². The molecular formula is C19H15N3O4. The first-order valence-corrected chi connectivity index (χ1v) is 8.19. The number of nitrogens with zero attached hydrogens (tertiary/aromatic N) is 3. The number of anilines is 1. The van der Waals surface area contributed by atoms with E-state index < -0.39 is 4.92 Å². The highest BCUT2D eigenvalue weighted by molar-refractivity contribution is 5.97. The molecule has 1 aliphatic heterocycles. The van der Waals surface area contributed by atoms with Crippen LogP contribution in [-0.4, -0.2) is 22.4 Å². The number of nitro benzene ring substituents is 1. The van der Waals surface area contributed by atoms with Gasteiger partial charge in [-0.15, -0.1) is 0 Å². The molecule has 3 aromatic rings. The Morgan fingerprint density at radius 1 is 1.23 bits per heavy atom. The summed E-state index contributed by atoms with van der Waals surface area (Å²) in [6.45, 7) is 0.513. The van der Waals surface area contributed by atoms with Crippen molar-refractivity contribution in [1.82, 2.24) is 4.98 Å². The van der Waals surface area contributed by atoms with E-state index in [0.717, 1.165) is 11.1 Å². The van der Waals surface area contributed by atoms with Crippen molar-refractivity contribution < 1.29 is 14.1 Å². The molecule has 0 aliphatic carbocycles. The fourth-order valence-electron chi connectivity index (χ4n) is 3.09. The highest BCUT2D eigenvalue weighted by Crippen LogP contribution is 2.32. The molecule has 0 N–H and O–H groups in total. The molecule has 1 aliphatic rings. The lowest BCUT2D eigenvalue weighted by Gasteiger charge is -2.16. The van der Waals surface area contributed by atoms with Crippen LogP contribution in [0.2, 0.25) is 0 Å². The predicted molar refractivity (Wildman–Crippen MR) is 94.8 cm³/mol. The topological polar surface area (TPSA) is 89.5 Å². The summed E-state index contributed by atoms with van der Waals surface area (Å²) in [5, 5.41) is 11.0. The molecule has 130 valence electrons. The first-order valence-electron chi connectivity index (χ1n) is 8.19. The van der Waals surface area contributed by atoms with Gasteiger partial charge in [0.05, 0.1) is 22.7 Å². The molecule has 7 heteroatoms. The summed E-state index contributed by atoms with van der Waals surface area (Å²) in [6, 6.07) is 14.1. The van der Waals surface area contributed by atoms with Crippen molar-refractivity contribution in [2.24, 2.45) is 0 Å². The van der Waals surface area contributed by atoms with Crippen LogP contribution in [-0.2, 0) is 17.6 Å². The number of carbonyl (C=O) groups is 1. The van der Waals surface area contributed by atoms with E-state index in [1.807, 2.05) is 30.3 Å². The number of aromatic nitrogens is 1. The van der Waals surface area contributed by atoms with Crippen LogP contribution in [0.4, 0.5) is 11.4 Å². The minimum atomic E-state index is -0.453. The van der Waals surface area contributed by atoms with Crippen LogP contribution in [0.5, 0.6) is 0 Å². The third-order valence-corrected chi connectivity index (χ3v) is 4.38. The normalized spacial score (nSPS) is 12.8. The molecule has 0 atom stereocenters. The predicted octanol–water partition coefficient (Wildman–Crippen LogP) is 3.38. The second-order valence-electron chi connectivity index (χ2n) is 6.05.